The molecule has 0 radical (unpaired) electrons. The summed E-state index contributed by atoms with van der Waals surface area (Å²) < 4.78 is 1.81. The number of para-hydroxylation sites is 1. The fraction of sp³-hybridized carbons (Fsp3) is 0.160. The predicted octanol–water partition coefficient (Wildman–Crippen LogP) is 5.45. The van der Waals surface area contributed by atoms with E-state index in [0.717, 1.165) is 40.0 Å². The lowest BCUT2D eigenvalue weighted by molar-refractivity contribution is -0.103. The molecule has 0 aliphatic heterocycles. The zero-order chi connectivity index (χ0) is 22.6. The summed E-state index contributed by atoms with van der Waals surface area (Å²) in [5, 5.41) is 16.6. The Bertz CT molecular complexity index is 1510. The first-order chi connectivity index (χ1) is 16.0. The van der Waals surface area contributed by atoms with Gasteiger partial charge in [0.15, 0.2) is 0 Å². The zero-order valence-electron chi connectivity index (χ0n) is 17.7. The van der Waals surface area contributed by atoms with Gasteiger partial charge in [-0.15, -0.1) is 0 Å². The van der Waals surface area contributed by atoms with E-state index in [4.69, 9.17) is 22.3 Å². The van der Waals surface area contributed by atoms with E-state index in [1.54, 1.807) is 4.57 Å². The molecule has 3 heterocycles. The number of nitrogens with two attached hydrogens (primary N) is 1. The molecular weight excluding hydrogens is 436 g/mol. The molecule has 0 atom stereocenters. The summed E-state index contributed by atoms with van der Waals surface area (Å²) in [5.74, 6) is 1.08. The smallest absolute Gasteiger partial charge is 0.148 e. The Hall–Kier alpha value is -3.68. The first kappa shape index (κ1) is 20.0. The van der Waals surface area contributed by atoms with Crippen LogP contribution < -0.4 is 11.1 Å². The van der Waals surface area contributed by atoms with Crippen molar-refractivity contribution in [3.8, 4) is 11.1 Å². The van der Waals surface area contributed by atoms with Gasteiger partial charge in [-0.25, -0.2) is 15.0 Å². The molecule has 0 bridgehead atoms. The lowest BCUT2D eigenvalue weighted by atomic mass is 9.88. The van der Waals surface area contributed by atoms with Gasteiger partial charge in [0.25, 0.3) is 0 Å². The van der Waals surface area contributed by atoms with Crippen LogP contribution >= 0.6 is 11.6 Å². The number of aromatic nitrogens is 4. The molecule has 3 aromatic heterocycles. The highest BCUT2D eigenvalue weighted by Crippen LogP contribution is 2.44. The quantitative estimate of drug-likeness (QED) is 0.332. The van der Waals surface area contributed by atoms with Crippen molar-refractivity contribution in [3.05, 3.63) is 72.1 Å². The average molecular weight is 457 g/mol. The number of pyridine rings is 1. The molecule has 5 aromatic rings. The van der Waals surface area contributed by atoms with Crippen molar-refractivity contribution >= 4 is 50.9 Å². The Morgan fingerprint density at radius 1 is 1.03 bits per heavy atom. The molecule has 0 spiro atoms. The van der Waals surface area contributed by atoms with E-state index in [2.05, 4.69) is 15.3 Å². The Morgan fingerprint density at radius 2 is 1.85 bits per heavy atom. The minimum atomic E-state index is -0.967. The normalized spacial score (nSPS) is 15.0. The summed E-state index contributed by atoms with van der Waals surface area (Å²) >= 11 is 6.73. The van der Waals surface area contributed by atoms with Gasteiger partial charge in [0, 0.05) is 33.4 Å². The summed E-state index contributed by atoms with van der Waals surface area (Å²) in [6.07, 6.45) is 5.60. The molecule has 7 nitrogen and oxygen atoms in total. The summed E-state index contributed by atoms with van der Waals surface area (Å²) in [4.78, 5) is 13.4. The van der Waals surface area contributed by atoms with E-state index in [1.807, 2.05) is 60.8 Å². The minimum absolute atomic E-state index is 0.347. The number of fused-ring (bicyclic) bond motifs is 2. The summed E-state index contributed by atoms with van der Waals surface area (Å²) in [6.45, 7) is 0. The van der Waals surface area contributed by atoms with E-state index in [0.29, 0.717) is 34.7 Å². The third kappa shape index (κ3) is 3.28. The monoisotopic (exact) mass is 456 g/mol. The minimum Gasteiger partial charge on any atom is -0.383 e. The molecule has 4 N–H and O–H groups in total. The van der Waals surface area contributed by atoms with Gasteiger partial charge in [-0.2, -0.15) is 0 Å². The third-order valence-corrected chi connectivity index (χ3v) is 6.64. The number of aliphatic hydroxyl groups is 1. The molecule has 33 heavy (non-hydrogen) atoms. The van der Waals surface area contributed by atoms with Gasteiger partial charge in [0.2, 0.25) is 0 Å². The number of nitrogens with one attached hydrogen (secondary N) is 1. The Labute approximate surface area is 194 Å². The molecule has 0 saturated heterocycles. The Balaban J connectivity index is 1.51. The first-order valence-corrected chi connectivity index (χ1v) is 11.2. The predicted molar refractivity (Wildman–Crippen MR) is 131 cm³/mol. The maximum Gasteiger partial charge on any atom is 0.148 e. The molecule has 1 aliphatic rings. The van der Waals surface area contributed by atoms with E-state index < -0.39 is 5.72 Å². The number of hydrogen-bond donors (Lipinski definition) is 3. The van der Waals surface area contributed by atoms with Crippen molar-refractivity contribution in [2.45, 2.75) is 25.0 Å². The average Bonchev–Trinajstić information content (AvgIpc) is 3.19. The van der Waals surface area contributed by atoms with E-state index in [9.17, 15) is 5.11 Å². The number of anilines is 3. The van der Waals surface area contributed by atoms with E-state index in [1.165, 1.54) is 6.33 Å². The molecular formula is C25H21ClN6O. The fourth-order valence-electron chi connectivity index (χ4n) is 4.43. The fourth-order valence-corrected chi connectivity index (χ4v) is 4.70. The van der Waals surface area contributed by atoms with Gasteiger partial charge in [-0.05, 0) is 55.7 Å². The molecule has 1 saturated carbocycles. The van der Waals surface area contributed by atoms with Crippen LogP contribution in [0.15, 0.2) is 67.1 Å². The van der Waals surface area contributed by atoms with Gasteiger partial charge < -0.3 is 20.7 Å². The first-order valence-electron chi connectivity index (χ1n) is 10.8. The molecule has 0 unspecified atom stereocenters. The maximum atomic E-state index is 11.1. The van der Waals surface area contributed by atoms with Crippen molar-refractivity contribution in [2.24, 2.45) is 0 Å². The van der Waals surface area contributed by atoms with Gasteiger partial charge >= 0.3 is 0 Å². The molecule has 1 fully saturated rings. The largest absolute Gasteiger partial charge is 0.383 e. The Kier molecular flexibility index (Phi) is 4.50. The number of halogens is 1. The third-order valence-electron chi connectivity index (χ3n) is 6.33. The highest BCUT2D eigenvalue weighted by atomic mass is 35.5. The van der Waals surface area contributed by atoms with Crippen LogP contribution in [0.1, 0.15) is 19.3 Å². The highest BCUT2D eigenvalue weighted by molar-refractivity contribution is 6.34. The molecule has 8 heteroatoms. The highest BCUT2D eigenvalue weighted by Gasteiger charge is 2.38. The SMILES string of the molecule is Nc1ncnc2c1c(-c1cc3nc(Nc4ccccc4)ccc3cc1Cl)cn2C1(O)CCC1. The second-order valence-electron chi connectivity index (χ2n) is 8.42. The molecule has 0 amide bonds. The van der Waals surface area contributed by atoms with Crippen LogP contribution in [0.25, 0.3) is 33.1 Å². The van der Waals surface area contributed by atoms with Crippen LogP contribution in [0.5, 0.6) is 0 Å². The number of nitrogen functional groups attached to an aromatic ring is 1. The Morgan fingerprint density at radius 3 is 2.61 bits per heavy atom. The van der Waals surface area contributed by atoms with E-state index in [-0.39, 0.29) is 0 Å². The standard InChI is InChI=1S/C25H21ClN6O/c26-19-11-15-7-8-21(30-16-5-2-1-3-6-16)31-20(15)12-17(19)18-13-32(25(33)9-4-10-25)24-22(18)23(27)28-14-29-24/h1-3,5-8,11-14,33H,4,9-10H2,(H,30,31)(H2,27,28,29). The summed E-state index contributed by atoms with van der Waals surface area (Å²) in [7, 11) is 0. The van der Waals surface area contributed by atoms with Gasteiger partial charge in [0.1, 0.15) is 29.3 Å². The molecule has 164 valence electrons. The number of benzene rings is 2. The van der Waals surface area contributed by atoms with Crippen LogP contribution in [0.4, 0.5) is 17.3 Å². The second kappa shape index (κ2) is 7.43. The van der Waals surface area contributed by atoms with Crippen LogP contribution in [0, 0.1) is 0 Å². The lowest BCUT2D eigenvalue weighted by Gasteiger charge is -2.38. The van der Waals surface area contributed by atoms with Crippen molar-refractivity contribution < 1.29 is 5.11 Å². The summed E-state index contributed by atoms with van der Waals surface area (Å²) in [6, 6.07) is 17.6. The number of nitrogens with zero attached hydrogens (tertiary/aromatic N) is 4. The lowest BCUT2D eigenvalue weighted by Crippen LogP contribution is -2.39. The van der Waals surface area contributed by atoms with Crippen molar-refractivity contribution in [2.75, 3.05) is 11.1 Å². The molecule has 2 aromatic carbocycles. The van der Waals surface area contributed by atoms with Crippen molar-refractivity contribution in [3.63, 3.8) is 0 Å². The van der Waals surface area contributed by atoms with Gasteiger partial charge in [-0.1, -0.05) is 29.8 Å². The topological polar surface area (TPSA) is 102 Å². The van der Waals surface area contributed by atoms with Crippen molar-refractivity contribution in [1.82, 2.24) is 19.5 Å². The van der Waals surface area contributed by atoms with Crippen LogP contribution in [0.3, 0.4) is 0 Å². The number of rotatable bonds is 4. The van der Waals surface area contributed by atoms with Gasteiger partial charge in [0.05, 0.1) is 10.9 Å². The van der Waals surface area contributed by atoms with Gasteiger partial charge in [-0.3, -0.25) is 0 Å². The second-order valence-corrected chi connectivity index (χ2v) is 8.83. The zero-order valence-corrected chi connectivity index (χ0v) is 18.4. The van der Waals surface area contributed by atoms with E-state index >= 15 is 0 Å². The van der Waals surface area contributed by atoms with Crippen molar-refractivity contribution in [1.29, 1.82) is 0 Å². The number of hydrogen-bond acceptors (Lipinski definition) is 6. The van der Waals surface area contributed by atoms with Crippen LogP contribution in [0.2, 0.25) is 5.02 Å². The van der Waals surface area contributed by atoms with Crippen LogP contribution in [-0.2, 0) is 5.72 Å². The molecule has 1 aliphatic carbocycles. The van der Waals surface area contributed by atoms with Crippen LogP contribution in [-0.4, -0.2) is 24.6 Å². The maximum absolute atomic E-state index is 11.1. The molecule has 6 rings (SSSR count). The summed E-state index contributed by atoms with van der Waals surface area (Å²) in [5.41, 5.74) is 9.19.